The molecule has 3 N–H and O–H groups in total. The molecule has 0 aliphatic carbocycles. The summed E-state index contributed by atoms with van der Waals surface area (Å²) in [4.78, 5) is 20.9. The minimum Gasteiger partial charge on any atom is -0.480 e. The van der Waals surface area contributed by atoms with Gasteiger partial charge in [-0.2, -0.15) is 0 Å². The van der Waals surface area contributed by atoms with Crippen LogP contribution in [0.4, 0.5) is 5.69 Å². The predicted octanol–water partition coefficient (Wildman–Crippen LogP) is 1.17. The fourth-order valence-corrected chi connectivity index (χ4v) is 1.69. The first kappa shape index (κ1) is 15.4. The van der Waals surface area contributed by atoms with Gasteiger partial charge in [-0.15, -0.1) is 0 Å². The summed E-state index contributed by atoms with van der Waals surface area (Å²) in [5.41, 5.74) is 0.257. The van der Waals surface area contributed by atoms with Gasteiger partial charge in [0.05, 0.1) is 11.0 Å². The van der Waals surface area contributed by atoms with Crippen molar-refractivity contribution in [2.24, 2.45) is 0 Å². The van der Waals surface area contributed by atoms with E-state index in [0.717, 1.165) is 0 Å². The molecular weight excluding hydrogens is 276 g/mol. The zero-order valence-corrected chi connectivity index (χ0v) is 10.8. The summed E-state index contributed by atoms with van der Waals surface area (Å²) in [5, 5.41) is 31.4. The lowest BCUT2D eigenvalue weighted by atomic mass is 10.1. The number of carboxylic acid groups (broad SMARTS) is 1. The zero-order valence-electron chi connectivity index (χ0n) is 10.0. The Hall–Kier alpha value is -1.70. The summed E-state index contributed by atoms with van der Waals surface area (Å²) in [5.74, 6) is -1.20. The molecule has 2 unspecified atom stereocenters. The maximum absolute atomic E-state index is 10.8. The predicted molar refractivity (Wildman–Crippen MR) is 68.1 cm³/mol. The van der Waals surface area contributed by atoms with Crippen LogP contribution in [0, 0.1) is 10.1 Å². The number of aliphatic carboxylic acids is 1. The van der Waals surface area contributed by atoms with E-state index in [4.69, 9.17) is 16.7 Å². The van der Waals surface area contributed by atoms with Crippen LogP contribution >= 0.6 is 11.6 Å². The first-order valence-corrected chi connectivity index (χ1v) is 5.77. The highest BCUT2D eigenvalue weighted by atomic mass is 35.5. The van der Waals surface area contributed by atoms with Gasteiger partial charge >= 0.3 is 5.97 Å². The van der Waals surface area contributed by atoms with Gasteiger partial charge in [0.15, 0.2) is 0 Å². The van der Waals surface area contributed by atoms with Crippen molar-refractivity contribution in [2.75, 3.05) is 0 Å². The molecule has 1 aromatic rings. The van der Waals surface area contributed by atoms with E-state index in [1.165, 1.54) is 19.1 Å². The molecule has 0 aliphatic heterocycles. The standard InChI is InChI=1S/C11H13ClN2O5/c1-6(15)10(11(16)17)13-5-7-2-3-8(12)9(4-7)14(18)19/h2-4,6,10,13,15H,5H2,1H3,(H,16,17). The number of nitrogens with one attached hydrogen (secondary N) is 1. The van der Waals surface area contributed by atoms with Crippen LogP contribution in [0.2, 0.25) is 5.02 Å². The topological polar surface area (TPSA) is 113 Å². The molecule has 0 heterocycles. The van der Waals surface area contributed by atoms with Crippen LogP contribution < -0.4 is 5.32 Å². The number of aliphatic hydroxyl groups excluding tert-OH is 1. The van der Waals surface area contributed by atoms with Crippen LogP contribution in [0.15, 0.2) is 18.2 Å². The van der Waals surface area contributed by atoms with Gasteiger partial charge in [0.1, 0.15) is 11.1 Å². The molecule has 0 saturated heterocycles. The average Bonchev–Trinajstić information content (AvgIpc) is 2.30. The maximum Gasteiger partial charge on any atom is 0.323 e. The number of nitro benzene ring substituents is 1. The number of halogens is 1. The van der Waals surface area contributed by atoms with Crippen LogP contribution in [0.5, 0.6) is 0 Å². The Labute approximate surface area is 114 Å². The molecule has 0 aromatic heterocycles. The van der Waals surface area contributed by atoms with Crippen molar-refractivity contribution in [3.63, 3.8) is 0 Å². The van der Waals surface area contributed by atoms with E-state index < -0.39 is 23.0 Å². The van der Waals surface area contributed by atoms with E-state index in [0.29, 0.717) is 5.56 Å². The lowest BCUT2D eigenvalue weighted by molar-refractivity contribution is -0.384. The molecule has 2 atom stereocenters. The third-order valence-corrected chi connectivity index (χ3v) is 2.80. The van der Waals surface area contributed by atoms with Crippen molar-refractivity contribution in [3.8, 4) is 0 Å². The van der Waals surface area contributed by atoms with Crippen LogP contribution in [-0.4, -0.2) is 33.3 Å². The van der Waals surface area contributed by atoms with Gasteiger partial charge in [0.25, 0.3) is 5.69 Å². The van der Waals surface area contributed by atoms with Crippen LogP contribution in [0.25, 0.3) is 0 Å². The third kappa shape index (κ3) is 4.16. The van der Waals surface area contributed by atoms with Crippen LogP contribution in [0.3, 0.4) is 0 Å². The summed E-state index contributed by atoms with van der Waals surface area (Å²) < 4.78 is 0. The number of carboxylic acids is 1. The van der Waals surface area contributed by atoms with Crippen molar-refractivity contribution in [1.82, 2.24) is 5.32 Å². The summed E-state index contributed by atoms with van der Waals surface area (Å²) in [6.45, 7) is 1.41. The summed E-state index contributed by atoms with van der Waals surface area (Å²) in [6, 6.07) is 3.03. The number of aliphatic hydroxyl groups is 1. The number of benzene rings is 1. The number of hydrogen-bond donors (Lipinski definition) is 3. The Morgan fingerprint density at radius 2 is 2.21 bits per heavy atom. The van der Waals surface area contributed by atoms with E-state index in [1.54, 1.807) is 6.07 Å². The summed E-state index contributed by atoms with van der Waals surface area (Å²) >= 11 is 5.66. The number of rotatable bonds is 6. The lowest BCUT2D eigenvalue weighted by Gasteiger charge is -2.16. The van der Waals surface area contributed by atoms with Crippen molar-refractivity contribution in [3.05, 3.63) is 38.9 Å². The van der Waals surface area contributed by atoms with E-state index in [1.807, 2.05) is 0 Å². The van der Waals surface area contributed by atoms with E-state index in [9.17, 15) is 20.0 Å². The minimum absolute atomic E-state index is 0.0130. The number of carbonyl (C=O) groups is 1. The van der Waals surface area contributed by atoms with Gasteiger partial charge in [-0.3, -0.25) is 20.2 Å². The Kier molecular flexibility index (Phi) is 5.22. The number of nitrogens with zero attached hydrogens (tertiary/aromatic N) is 1. The van der Waals surface area contributed by atoms with E-state index in [2.05, 4.69) is 5.32 Å². The zero-order chi connectivity index (χ0) is 14.6. The van der Waals surface area contributed by atoms with Gasteiger partial charge < -0.3 is 10.2 Å². The van der Waals surface area contributed by atoms with Gasteiger partial charge in [0, 0.05) is 12.6 Å². The molecule has 0 aliphatic rings. The Balaban J connectivity index is 2.80. The Bertz CT molecular complexity index is 492. The molecule has 1 rings (SSSR count). The van der Waals surface area contributed by atoms with E-state index >= 15 is 0 Å². The van der Waals surface area contributed by atoms with Crippen molar-refractivity contribution < 1.29 is 19.9 Å². The Morgan fingerprint density at radius 1 is 1.58 bits per heavy atom. The molecule has 0 spiro atoms. The lowest BCUT2D eigenvalue weighted by Crippen LogP contribution is -2.44. The second-order valence-electron chi connectivity index (χ2n) is 3.98. The molecule has 0 amide bonds. The first-order chi connectivity index (χ1) is 8.82. The van der Waals surface area contributed by atoms with Crippen molar-refractivity contribution >= 4 is 23.3 Å². The van der Waals surface area contributed by atoms with Crippen molar-refractivity contribution in [2.45, 2.75) is 25.6 Å². The molecular formula is C11H13ClN2O5. The number of hydrogen-bond acceptors (Lipinski definition) is 5. The molecule has 0 radical (unpaired) electrons. The maximum atomic E-state index is 10.8. The molecule has 0 fully saturated rings. The fraction of sp³-hybridized carbons (Fsp3) is 0.364. The second-order valence-corrected chi connectivity index (χ2v) is 4.39. The molecule has 104 valence electrons. The quantitative estimate of drug-likeness (QED) is 0.535. The highest BCUT2D eigenvalue weighted by molar-refractivity contribution is 6.32. The van der Waals surface area contributed by atoms with Gasteiger partial charge in [-0.05, 0) is 18.6 Å². The largest absolute Gasteiger partial charge is 0.480 e. The normalized spacial score (nSPS) is 13.8. The summed E-state index contributed by atoms with van der Waals surface area (Å²) in [7, 11) is 0. The van der Waals surface area contributed by atoms with Gasteiger partial charge in [-0.1, -0.05) is 17.7 Å². The summed E-state index contributed by atoms with van der Waals surface area (Å²) in [6.07, 6.45) is -1.08. The average molecular weight is 289 g/mol. The highest BCUT2D eigenvalue weighted by Gasteiger charge is 2.22. The molecule has 7 nitrogen and oxygen atoms in total. The number of nitro groups is 1. The van der Waals surface area contributed by atoms with E-state index in [-0.39, 0.29) is 17.3 Å². The van der Waals surface area contributed by atoms with Crippen molar-refractivity contribution in [1.29, 1.82) is 0 Å². The second kappa shape index (κ2) is 6.46. The first-order valence-electron chi connectivity index (χ1n) is 5.40. The van der Waals surface area contributed by atoms with Gasteiger partial charge in [-0.25, -0.2) is 0 Å². The van der Waals surface area contributed by atoms with Crippen LogP contribution in [0.1, 0.15) is 12.5 Å². The molecule has 0 saturated carbocycles. The Morgan fingerprint density at radius 3 is 2.68 bits per heavy atom. The highest BCUT2D eigenvalue weighted by Crippen LogP contribution is 2.25. The van der Waals surface area contributed by atoms with Gasteiger partial charge in [0.2, 0.25) is 0 Å². The van der Waals surface area contributed by atoms with Crippen LogP contribution in [-0.2, 0) is 11.3 Å². The fourth-order valence-electron chi connectivity index (χ4n) is 1.50. The SMILES string of the molecule is CC(O)C(NCc1ccc(Cl)c([N+](=O)[O-])c1)C(=O)O. The monoisotopic (exact) mass is 288 g/mol. The smallest absolute Gasteiger partial charge is 0.323 e. The molecule has 19 heavy (non-hydrogen) atoms. The molecule has 8 heteroatoms. The molecule has 1 aromatic carbocycles. The minimum atomic E-state index is -1.20. The third-order valence-electron chi connectivity index (χ3n) is 2.48. The molecule has 0 bridgehead atoms.